The van der Waals surface area contributed by atoms with Crippen LogP contribution in [0.5, 0.6) is 0 Å². The van der Waals surface area contributed by atoms with E-state index in [1.807, 2.05) is 0 Å². The Hall–Kier alpha value is 0. The molecule has 4 rings (SSSR count). The fraction of sp³-hybridized carbons (Fsp3) is 0.941. The van der Waals surface area contributed by atoms with E-state index in [1.165, 1.54) is 19.3 Å². The molecule has 0 N–H and O–H groups in total. The molecule has 0 saturated heterocycles. The quantitative estimate of drug-likeness (QED) is 0.559. The summed E-state index contributed by atoms with van der Waals surface area (Å²) in [6.45, 7) is 0. The molecule has 0 heterocycles. The Morgan fingerprint density at radius 2 is 1.41 bits per heavy atom. The Morgan fingerprint density at radius 3 is 2.41 bits per heavy atom. The molecule has 0 bridgehead atoms. The number of hydrogen-bond acceptors (Lipinski definition) is 0. The monoisotopic (exact) mass is 231 g/mol. The summed E-state index contributed by atoms with van der Waals surface area (Å²) in [5, 5.41) is 0. The third kappa shape index (κ3) is 1.70. The zero-order chi connectivity index (χ0) is 11.2. The van der Waals surface area contributed by atoms with Crippen molar-refractivity contribution in [3.8, 4) is 0 Å². The first kappa shape index (κ1) is 10.9. The lowest BCUT2D eigenvalue weighted by atomic mass is 9.54. The lowest BCUT2D eigenvalue weighted by Crippen LogP contribution is -2.43. The van der Waals surface area contributed by atoms with Gasteiger partial charge in [0.25, 0.3) is 0 Å². The first-order chi connectivity index (χ1) is 8.43. The van der Waals surface area contributed by atoms with Gasteiger partial charge in [-0.05, 0) is 86.9 Å². The van der Waals surface area contributed by atoms with Crippen molar-refractivity contribution in [1.29, 1.82) is 0 Å². The molecule has 0 aromatic heterocycles. The maximum absolute atomic E-state index is 2.73. The fourth-order valence-electron chi connectivity index (χ4n) is 6.16. The van der Waals surface area contributed by atoms with Crippen molar-refractivity contribution in [1.82, 2.24) is 0 Å². The van der Waals surface area contributed by atoms with E-state index in [0.29, 0.717) is 0 Å². The van der Waals surface area contributed by atoms with Crippen LogP contribution in [-0.2, 0) is 0 Å². The van der Waals surface area contributed by atoms with Gasteiger partial charge in [-0.25, -0.2) is 0 Å². The molecule has 0 aromatic carbocycles. The molecule has 1 radical (unpaired) electrons. The summed E-state index contributed by atoms with van der Waals surface area (Å²) in [7, 11) is 0. The first-order valence-electron chi connectivity index (χ1n) is 8.27. The SMILES string of the molecule is [CH]1CCC2CCC3C4CCCCC4CCC3C12. The van der Waals surface area contributed by atoms with Gasteiger partial charge in [0.1, 0.15) is 0 Å². The highest BCUT2D eigenvalue weighted by Gasteiger charge is 2.48. The van der Waals surface area contributed by atoms with Crippen molar-refractivity contribution in [2.45, 2.75) is 64.2 Å². The Kier molecular flexibility index (Phi) is 2.74. The molecule has 4 saturated carbocycles. The lowest BCUT2D eigenvalue weighted by molar-refractivity contribution is -0.0101. The molecule has 0 aliphatic heterocycles. The van der Waals surface area contributed by atoms with Crippen LogP contribution in [0.3, 0.4) is 0 Å². The molecule has 0 heteroatoms. The predicted octanol–water partition coefficient (Wildman–Crippen LogP) is 4.84. The van der Waals surface area contributed by atoms with Crippen LogP contribution in [0.1, 0.15) is 64.2 Å². The summed E-state index contributed by atoms with van der Waals surface area (Å²) >= 11 is 0. The minimum absolute atomic E-state index is 1.05. The maximum Gasteiger partial charge on any atom is -0.0323 e. The second-order valence-electron chi connectivity index (χ2n) is 7.34. The number of rotatable bonds is 0. The van der Waals surface area contributed by atoms with Crippen molar-refractivity contribution in [2.24, 2.45) is 35.5 Å². The molecule has 6 atom stereocenters. The van der Waals surface area contributed by atoms with Gasteiger partial charge in [-0.15, -0.1) is 0 Å². The zero-order valence-corrected chi connectivity index (χ0v) is 11.1. The zero-order valence-electron chi connectivity index (χ0n) is 11.1. The van der Waals surface area contributed by atoms with Crippen LogP contribution in [-0.4, -0.2) is 0 Å². The Balaban J connectivity index is 1.56. The van der Waals surface area contributed by atoms with Gasteiger partial charge >= 0.3 is 0 Å². The molecule has 0 nitrogen and oxygen atoms in total. The molecule has 4 fully saturated rings. The van der Waals surface area contributed by atoms with Crippen LogP contribution < -0.4 is 0 Å². The standard InChI is InChI=1S/C17H27/c1-2-6-14-12(4-1)8-10-17-15-7-3-5-13(15)9-11-16(14)17/h7,12-17H,1-6,8-11H2. The molecule has 95 valence electrons. The van der Waals surface area contributed by atoms with Crippen molar-refractivity contribution in [3.05, 3.63) is 6.42 Å². The van der Waals surface area contributed by atoms with Crippen molar-refractivity contribution < 1.29 is 0 Å². The smallest absolute Gasteiger partial charge is 0.0323 e. The van der Waals surface area contributed by atoms with Crippen molar-refractivity contribution >= 4 is 0 Å². The third-order valence-electron chi connectivity index (χ3n) is 6.82. The van der Waals surface area contributed by atoms with Crippen LogP contribution in [0.25, 0.3) is 0 Å². The molecule has 4 aliphatic rings. The highest BCUT2D eigenvalue weighted by atomic mass is 14.5. The molecule has 0 aromatic rings. The van der Waals surface area contributed by atoms with E-state index in [0.717, 1.165) is 35.5 Å². The lowest BCUT2D eigenvalue weighted by Gasteiger charge is -2.51. The van der Waals surface area contributed by atoms with Crippen LogP contribution >= 0.6 is 0 Å². The predicted molar refractivity (Wildman–Crippen MR) is 71.4 cm³/mol. The van der Waals surface area contributed by atoms with E-state index >= 15 is 0 Å². The second kappa shape index (κ2) is 4.28. The van der Waals surface area contributed by atoms with Gasteiger partial charge in [0, 0.05) is 0 Å². The number of hydrogen-bond donors (Lipinski definition) is 0. The summed E-state index contributed by atoms with van der Waals surface area (Å²) in [4.78, 5) is 0. The van der Waals surface area contributed by atoms with Gasteiger partial charge in [-0.3, -0.25) is 0 Å². The third-order valence-corrected chi connectivity index (χ3v) is 6.82. The Labute approximate surface area is 107 Å². The van der Waals surface area contributed by atoms with Crippen LogP contribution in [0.4, 0.5) is 0 Å². The molecular weight excluding hydrogens is 204 g/mol. The van der Waals surface area contributed by atoms with E-state index < -0.39 is 0 Å². The van der Waals surface area contributed by atoms with Gasteiger partial charge in [0.2, 0.25) is 0 Å². The molecule has 17 heavy (non-hydrogen) atoms. The fourth-order valence-corrected chi connectivity index (χ4v) is 6.16. The largest absolute Gasteiger partial charge is 0.0530 e. The number of fused-ring (bicyclic) bond motifs is 5. The van der Waals surface area contributed by atoms with E-state index in [1.54, 1.807) is 44.9 Å². The van der Waals surface area contributed by atoms with E-state index in [2.05, 4.69) is 6.42 Å². The summed E-state index contributed by atoms with van der Waals surface area (Å²) < 4.78 is 0. The van der Waals surface area contributed by atoms with E-state index in [9.17, 15) is 0 Å². The Morgan fingerprint density at radius 1 is 0.588 bits per heavy atom. The normalized spacial score (nSPS) is 53.6. The van der Waals surface area contributed by atoms with Gasteiger partial charge in [-0.2, -0.15) is 0 Å². The molecule has 0 amide bonds. The summed E-state index contributed by atoms with van der Waals surface area (Å²) in [6.07, 6.45) is 18.3. The molecular formula is C17H27. The topological polar surface area (TPSA) is 0 Å². The van der Waals surface area contributed by atoms with Crippen LogP contribution in [0.2, 0.25) is 0 Å². The van der Waals surface area contributed by atoms with Gasteiger partial charge in [-0.1, -0.05) is 19.3 Å². The highest BCUT2D eigenvalue weighted by Crippen LogP contribution is 2.57. The van der Waals surface area contributed by atoms with Crippen LogP contribution in [0.15, 0.2) is 0 Å². The van der Waals surface area contributed by atoms with Crippen LogP contribution in [0, 0.1) is 41.9 Å². The summed E-state index contributed by atoms with van der Waals surface area (Å²) in [5.74, 6) is 6.72. The minimum Gasteiger partial charge on any atom is -0.0530 e. The van der Waals surface area contributed by atoms with Gasteiger partial charge in [0.05, 0.1) is 0 Å². The molecule has 6 unspecified atom stereocenters. The summed E-state index contributed by atoms with van der Waals surface area (Å²) in [5.41, 5.74) is 0. The maximum atomic E-state index is 2.73. The van der Waals surface area contributed by atoms with Gasteiger partial charge < -0.3 is 0 Å². The second-order valence-corrected chi connectivity index (χ2v) is 7.34. The average Bonchev–Trinajstić information content (AvgIpc) is 2.86. The molecule has 0 spiro atoms. The van der Waals surface area contributed by atoms with Crippen molar-refractivity contribution in [2.75, 3.05) is 0 Å². The minimum atomic E-state index is 1.05. The average molecular weight is 231 g/mol. The van der Waals surface area contributed by atoms with Crippen molar-refractivity contribution in [3.63, 3.8) is 0 Å². The summed E-state index contributed by atoms with van der Waals surface area (Å²) in [6, 6.07) is 0. The highest BCUT2D eigenvalue weighted by molar-refractivity contribution is 5.03. The first-order valence-corrected chi connectivity index (χ1v) is 8.27. The van der Waals surface area contributed by atoms with Gasteiger partial charge in [0.15, 0.2) is 0 Å². The van der Waals surface area contributed by atoms with E-state index in [4.69, 9.17) is 0 Å². The molecule has 4 aliphatic carbocycles. The Bertz CT molecular complexity index is 282. The van der Waals surface area contributed by atoms with E-state index in [-0.39, 0.29) is 0 Å².